The number of carbonyl (C=O) groups excluding carboxylic acids is 2. The first-order chi connectivity index (χ1) is 7.88. The van der Waals surface area contributed by atoms with E-state index < -0.39 is 0 Å². The molecule has 0 amide bonds. The van der Waals surface area contributed by atoms with Crippen LogP contribution in [0.1, 0.15) is 13.8 Å². The first-order valence-electron chi connectivity index (χ1n) is 5.06. The van der Waals surface area contributed by atoms with E-state index >= 15 is 0 Å². The molecule has 1 unspecified atom stereocenters. The highest BCUT2D eigenvalue weighted by Gasteiger charge is 2.24. The van der Waals surface area contributed by atoms with E-state index in [1.165, 1.54) is 7.11 Å². The number of carbonyl (C=O) groups is 2. The molecule has 104 valence electrons. The zero-order valence-electron chi connectivity index (χ0n) is 11.4. The van der Waals surface area contributed by atoms with E-state index in [0.717, 1.165) is 0 Å². The maximum Gasteiger partial charge on any atom is 0.333 e. The van der Waals surface area contributed by atoms with E-state index in [-0.39, 0.29) is 24.2 Å². The van der Waals surface area contributed by atoms with Gasteiger partial charge in [-0.1, -0.05) is 13.2 Å². The van der Waals surface area contributed by atoms with Gasteiger partial charge in [0, 0.05) is 11.1 Å². The van der Waals surface area contributed by atoms with Gasteiger partial charge in [0.15, 0.2) is 0 Å². The van der Waals surface area contributed by atoms with Crippen LogP contribution in [0.4, 0.5) is 0 Å². The summed E-state index contributed by atoms with van der Waals surface area (Å²) >= 11 is 0. The summed E-state index contributed by atoms with van der Waals surface area (Å²) in [5.74, 6) is -0.685. The summed E-state index contributed by atoms with van der Waals surface area (Å²) in [6.07, 6.45) is 0.142. The molecule has 0 aliphatic carbocycles. The van der Waals surface area contributed by atoms with Gasteiger partial charge in [-0.25, -0.2) is 9.59 Å². The fourth-order valence-electron chi connectivity index (χ4n) is 0.630. The van der Waals surface area contributed by atoms with Gasteiger partial charge in [0.1, 0.15) is 12.7 Å². The maximum atomic E-state index is 10.7. The van der Waals surface area contributed by atoms with E-state index in [1.54, 1.807) is 13.8 Å². The van der Waals surface area contributed by atoms with Crippen molar-refractivity contribution in [3.63, 3.8) is 0 Å². The minimum atomic E-state index is -0.347. The Morgan fingerprint density at radius 3 is 1.89 bits per heavy atom. The molecule has 1 aliphatic heterocycles. The average Bonchev–Trinajstić information content (AvgIpc) is 3.09. The Balaban J connectivity index is 0. The van der Waals surface area contributed by atoms with Crippen molar-refractivity contribution in [2.45, 2.75) is 20.0 Å². The van der Waals surface area contributed by atoms with E-state index in [1.807, 2.05) is 0 Å². The Morgan fingerprint density at radius 1 is 1.22 bits per heavy atom. The summed E-state index contributed by atoms with van der Waals surface area (Å²) in [5, 5.41) is 0. The van der Waals surface area contributed by atoms with Crippen LogP contribution in [0.25, 0.3) is 0 Å². The van der Waals surface area contributed by atoms with Crippen LogP contribution in [-0.4, -0.2) is 38.4 Å². The van der Waals surface area contributed by atoms with Crippen LogP contribution < -0.4 is 6.15 Å². The molecule has 0 bridgehead atoms. The summed E-state index contributed by atoms with van der Waals surface area (Å²) in [5.41, 5.74) is 0.864. The van der Waals surface area contributed by atoms with Gasteiger partial charge >= 0.3 is 11.9 Å². The smallest absolute Gasteiger partial charge is 0.333 e. The number of ether oxygens (including phenoxy) is 3. The van der Waals surface area contributed by atoms with Crippen molar-refractivity contribution in [2.24, 2.45) is 0 Å². The van der Waals surface area contributed by atoms with Crippen LogP contribution in [0.3, 0.4) is 0 Å². The molecule has 6 nitrogen and oxygen atoms in total. The fraction of sp³-hybridized carbons (Fsp3) is 0.500. The van der Waals surface area contributed by atoms with Crippen molar-refractivity contribution in [1.82, 2.24) is 6.15 Å². The number of hydrogen-bond donors (Lipinski definition) is 1. The minimum Gasteiger partial charge on any atom is -0.466 e. The Labute approximate surface area is 107 Å². The maximum absolute atomic E-state index is 10.7. The van der Waals surface area contributed by atoms with Crippen LogP contribution in [-0.2, 0) is 23.8 Å². The molecule has 1 fully saturated rings. The van der Waals surface area contributed by atoms with Gasteiger partial charge in [-0.3, -0.25) is 0 Å². The van der Waals surface area contributed by atoms with Crippen LogP contribution in [0.5, 0.6) is 0 Å². The second kappa shape index (κ2) is 9.38. The number of rotatable bonds is 4. The molecular weight excluding hydrogens is 238 g/mol. The number of quaternary nitrogens is 1. The van der Waals surface area contributed by atoms with Crippen LogP contribution in [0.2, 0.25) is 0 Å². The second-order valence-corrected chi connectivity index (χ2v) is 3.61. The molecule has 0 aromatic rings. The predicted octanol–water partition coefficient (Wildman–Crippen LogP) is 1.62. The number of methoxy groups -OCH3 is 1. The lowest BCUT2D eigenvalue weighted by Crippen LogP contribution is -2.09. The summed E-state index contributed by atoms with van der Waals surface area (Å²) in [6, 6.07) is 0. The molecule has 18 heavy (non-hydrogen) atoms. The van der Waals surface area contributed by atoms with E-state index in [2.05, 4.69) is 17.9 Å². The third-order valence-electron chi connectivity index (χ3n) is 1.69. The van der Waals surface area contributed by atoms with E-state index in [0.29, 0.717) is 24.4 Å². The molecule has 0 saturated carbocycles. The van der Waals surface area contributed by atoms with Gasteiger partial charge in [0.05, 0.1) is 13.7 Å². The third-order valence-corrected chi connectivity index (χ3v) is 1.69. The van der Waals surface area contributed by atoms with Crippen molar-refractivity contribution >= 4 is 11.9 Å². The lowest BCUT2D eigenvalue weighted by Gasteiger charge is -1.99. The van der Waals surface area contributed by atoms with Gasteiger partial charge < -0.3 is 20.4 Å². The van der Waals surface area contributed by atoms with Crippen molar-refractivity contribution in [3.8, 4) is 0 Å². The SMILES string of the molecule is C=C(C)C(=O)OC.C=C(C)C(=O)OCC1CO1.[NH4+]. The first kappa shape index (κ1) is 18.7. The fourth-order valence-corrected chi connectivity index (χ4v) is 0.630. The molecule has 4 N–H and O–H groups in total. The third kappa shape index (κ3) is 9.56. The highest BCUT2D eigenvalue weighted by Crippen LogP contribution is 2.09. The summed E-state index contributed by atoms with van der Waals surface area (Å²) < 4.78 is 13.9. The van der Waals surface area contributed by atoms with E-state index in [9.17, 15) is 9.59 Å². The van der Waals surface area contributed by atoms with Crippen LogP contribution in [0, 0.1) is 0 Å². The zero-order valence-corrected chi connectivity index (χ0v) is 11.4. The minimum absolute atomic E-state index is 0. The van der Waals surface area contributed by atoms with Crippen LogP contribution >= 0.6 is 0 Å². The Kier molecular flexibility index (Phi) is 9.74. The lowest BCUT2D eigenvalue weighted by molar-refractivity contribution is -0.139. The highest BCUT2D eigenvalue weighted by atomic mass is 16.6. The van der Waals surface area contributed by atoms with Crippen molar-refractivity contribution in [2.75, 3.05) is 20.3 Å². The molecule has 1 aliphatic rings. The molecule has 1 saturated heterocycles. The number of hydrogen-bond acceptors (Lipinski definition) is 5. The Hall–Kier alpha value is -1.66. The van der Waals surface area contributed by atoms with Gasteiger partial charge in [-0.2, -0.15) is 0 Å². The zero-order chi connectivity index (χ0) is 13.4. The average molecular weight is 260 g/mol. The molecule has 1 rings (SSSR count). The largest absolute Gasteiger partial charge is 0.466 e. The normalized spacial score (nSPS) is 15.2. The Morgan fingerprint density at radius 2 is 1.67 bits per heavy atom. The molecule has 0 aromatic heterocycles. The highest BCUT2D eigenvalue weighted by molar-refractivity contribution is 5.87. The molecule has 1 heterocycles. The quantitative estimate of drug-likeness (QED) is 0.470. The first-order valence-corrected chi connectivity index (χ1v) is 5.06. The van der Waals surface area contributed by atoms with E-state index in [4.69, 9.17) is 9.47 Å². The van der Waals surface area contributed by atoms with Gasteiger partial charge in [-0.15, -0.1) is 0 Å². The summed E-state index contributed by atoms with van der Waals surface area (Å²) in [6.45, 7) is 11.1. The monoisotopic (exact) mass is 260 g/mol. The number of epoxide rings is 1. The molecule has 1 atom stereocenters. The van der Waals surface area contributed by atoms with Gasteiger partial charge in [0.25, 0.3) is 0 Å². The van der Waals surface area contributed by atoms with Gasteiger partial charge in [-0.05, 0) is 13.8 Å². The van der Waals surface area contributed by atoms with Gasteiger partial charge in [0.2, 0.25) is 0 Å². The Bertz CT molecular complexity index is 320. The van der Waals surface area contributed by atoms with Crippen LogP contribution in [0.15, 0.2) is 24.3 Å². The summed E-state index contributed by atoms with van der Waals surface area (Å²) in [4.78, 5) is 20.9. The summed E-state index contributed by atoms with van der Waals surface area (Å²) in [7, 11) is 1.33. The molecular formula is C12H22NO5+. The van der Waals surface area contributed by atoms with Crippen molar-refractivity contribution in [1.29, 1.82) is 0 Å². The molecule has 0 radical (unpaired) electrons. The number of esters is 2. The standard InChI is InChI=1S/C7H10O3.C5H8O2.H3N/c1-5(2)7(8)10-4-6-3-9-6;1-4(2)5(6)7-3;/h6H,1,3-4H2,2H3;1H2,2-3H3;1H3/p+1. The van der Waals surface area contributed by atoms with Crippen molar-refractivity contribution in [3.05, 3.63) is 24.3 Å². The second-order valence-electron chi connectivity index (χ2n) is 3.61. The van der Waals surface area contributed by atoms with Crippen molar-refractivity contribution < 1.29 is 23.8 Å². The predicted molar refractivity (Wildman–Crippen MR) is 68.3 cm³/mol. The lowest BCUT2D eigenvalue weighted by atomic mass is 10.4. The molecule has 0 aromatic carbocycles. The molecule has 0 spiro atoms. The molecule has 6 heteroatoms. The topological polar surface area (TPSA) is 102 Å².